The van der Waals surface area contributed by atoms with Crippen molar-refractivity contribution >= 4 is 17.7 Å². The van der Waals surface area contributed by atoms with Crippen molar-refractivity contribution in [2.75, 3.05) is 10.6 Å². The van der Waals surface area contributed by atoms with Crippen molar-refractivity contribution in [2.45, 2.75) is 45.2 Å². The maximum atomic E-state index is 11.6. The fourth-order valence-corrected chi connectivity index (χ4v) is 3.07. The summed E-state index contributed by atoms with van der Waals surface area (Å²) in [4.78, 5) is 20.3. The van der Waals surface area contributed by atoms with E-state index < -0.39 is 5.91 Å². The molecule has 1 aromatic carbocycles. The van der Waals surface area contributed by atoms with Crippen molar-refractivity contribution in [3.05, 3.63) is 47.2 Å². The monoisotopic (exact) mass is 325 g/mol. The molecule has 0 saturated carbocycles. The van der Waals surface area contributed by atoms with Gasteiger partial charge in [-0.25, -0.2) is 4.98 Å². The number of nitrogens with zero attached hydrogens (tertiary/aromatic N) is 2. The zero-order valence-electron chi connectivity index (χ0n) is 14.0. The largest absolute Gasteiger partial charge is 0.367 e. The minimum Gasteiger partial charge on any atom is -0.367 e. The molecule has 4 N–H and O–H groups in total. The molecule has 1 amide bonds. The minimum absolute atomic E-state index is 0.140. The third kappa shape index (κ3) is 3.48. The first-order valence-electron chi connectivity index (χ1n) is 8.32. The summed E-state index contributed by atoms with van der Waals surface area (Å²) in [6.45, 7) is 3.97. The first-order valence-corrected chi connectivity index (χ1v) is 8.32. The molecule has 3 rings (SSSR count). The Bertz CT molecular complexity index is 744. The van der Waals surface area contributed by atoms with Crippen molar-refractivity contribution in [3.63, 3.8) is 0 Å². The van der Waals surface area contributed by atoms with Gasteiger partial charge in [-0.2, -0.15) is 4.98 Å². The number of amides is 1. The van der Waals surface area contributed by atoms with Gasteiger partial charge in [0.1, 0.15) is 5.82 Å². The second-order valence-corrected chi connectivity index (χ2v) is 6.41. The summed E-state index contributed by atoms with van der Waals surface area (Å²) in [6, 6.07) is 8.78. The molecule has 1 unspecified atom stereocenters. The standard InChI is InChI=1S/C18H23N5O/c1-11(2)21-17-14(16(19)24)10-20-18(23-17)22-15-9-5-7-12-6-3-4-8-13(12)15/h3-4,6,8,10-11,15H,5,7,9H2,1-2H3,(H2,19,24)(H2,20,21,22,23). The van der Waals surface area contributed by atoms with Crippen molar-refractivity contribution in [1.82, 2.24) is 9.97 Å². The summed E-state index contributed by atoms with van der Waals surface area (Å²) in [6.07, 6.45) is 4.75. The van der Waals surface area contributed by atoms with Gasteiger partial charge in [0.25, 0.3) is 5.91 Å². The van der Waals surface area contributed by atoms with Crippen LogP contribution in [-0.2, 0) is 6.42 Å². The molecule has 1 aliphatic carbocycles. The molecule has 6 heteroatoms. The summed E-state index contributed by atoms with van der Waals surface area (Å²) in [5.74, 6) is 0.441. The van der Waals surface area contributed by atoms with Crippen LogP contribution in [0, 0.1) is 0 Å². The van der Waals surface area contributed by atoms with Gasteiger partial charge in [0, 0.05) is 12.2 Å². The summed E-state index contributed by atoms with van der Waals surface area (Å²) >= 11 is 0. The van der Waals surface area contributed by atoms with Crippen molar-refractivity contribution < 1.29 is 4.79 Å². The van der Waals surface area contributed by atoms with E-state index in [0.717, 1.165) is 19.3 Å². The number of fused-ring (bicyclic) bond motifs is 1. The Balaban J connectivity index is 1.87. The van der Waals surface area contributed by atoms with Crippen molar-refractivity contribution in [1.29, 1.82) is 0 Å². The molecule has 1 atom stereocenters. The minimum atomic E-state index is -0.535. The van der Waals surface area contributed by atoms with E-state index in [1.807, 2.05) is 13.8 Å². The highest BCUT2D eigenvalue weighted by molar-refractivity contribution is 5.97. The molecule has 2 aromatic rings. The molecule has 0 aliphatic heterocycles. The van der Waals surface area contributed by atoms with Crippen LogP contribution >= 0.6 is 0 Å². The van der Waals surface area contributed by atoms with Gasteiger partial charge in [0.05, 0.1) is 11.6 Å². The lowest BCUT2D eigenvalue weighted by atomic mass is 9.88. The number of benzene rings is 1. The van der Waals surface area contributed by atoms with Gasteiger partial charge in [-0.05, 0) is 44.2 Å². The average Bonchev–Trinajstić information content (AvgIpc) is 2.54. The quantitative estimate of drug-likeness (QED) is 0.786. The molecule has 24 heavy (non-hydrogen) atoms. The number of hydrogen-bond acceptors (Lipinski definition) is 5. The van der Waals surface area contributed by atoms with Gasteiger partial charge >= 0.3 is 0 Å². The summed E-state index contributed by atoms with van der Waals surface area (Å²) < 4.78 is 0. The van der Waals surface area contributed by atoms with E-state index in [-0.39, 0.29) is 12.1 Å². The third-order valence-corrected chi connectivity index (χ3v) is 4.15. The lowest BCUT2D eigenvalue weighted by Gasteiger charge is -2.26. The van der Waals surface area contributed by atoms with Crippen LogP contribution < -0.4 is 16.4 Å². The second kappa shape index (κ2) is 6.86. The van der Waals surface area contributed by atoms with E-state index in [9.17, 15) is 4.79 Å². The first-order chi connectivity index (χ1) is 11.5. The number of carbonyl (C=O) groups is 1. The summed E-state index contributed by atoms with van der Waals surface area (Å²) in [7, 11) is 0. The van der Waals surface area contributed by atoms with E-state index in [2.05, 4.69) is 44.9 Å². The van der Waals surface area contributed by atoms with Gasteiger partial charge in [0.15, 0.2) is 0 Å². The molecule has 0 bridgehead atoms. The van der Waals surface area contributed by atoms with E-state index in [1.165, 1.54) is 17.3 Å². The molecule has 1 aliphatic rings. The van der Waals surface area contributed by atoms with Crippen LogP contribution in [0.1, 0.15) is 54.2 Å². The van der Waals surface area contributed by atoms with Gasteiger partial charge in [0.2, 0.25) is 5.95 Å². The normalized spacial score (nSPS) is 16.5. The number of nitrogens with one attached hydrogen (secondary N) is 2. The van der Waals surface area contributed by atoms with Crippen LogP contribution in [0.2, 0.25) is 0 Å². The van der Waals surface area contributed by atoms with Gasteiger partial charge < -0.3 is 16.4 Å². The van der Waals surface area contributed by atoms with E-state index in [1.54, 1.807) is 0 Å². The van der Waals surface area contributed by atoms with Crippen molar-refractivity contribution in [3.8, 4) is 0 Å². The molecular formula is C18H23N5O. The molecule has 1 aromatic heterocycles. The van der Waals surface area contributed by atoms with Gasteiger partial charge in [-0.3, -0.25) is 4.79 Å². The number of aromatic nitrogens is 2. The number of hydrogen-bond donors (Lipinski definition) is 3. The van der Waals surface area contributed by atoms with Gasteiger partial charge in [-0.1, -0.05) is 24.3 Å². The van der Waals surface area contributed by atoms with E-state index in [4.69, 9.17) is 5.73 Å². The predicted molar refractivity (Wildman–Crippen MR) is 95.1 cm³/mol. The van der Waals surface area contributed by atoms with Gasteiger partial charge in [-0.15, -0.1) is 0 Å². The molecule has 0 radical (unpaired) electrons. The zero-order chi connectivity index (χ0) is 17.1. The Morgan fingerprint density at radius 2 is 2.12 bits per heavy atom. The highest BCUT2D eigenvalue weighted by Gasteiger charge is 2.21. The van der Waals surface area contributed by atoms with Crippen LogP contribution in [0.3, 0.4) is 0 Å². The first kappa shape index (κ1) is 16.2. The number of nitrogens with two attached hydrogens (primary N) is 1. The maximum absolute atomic E-state index is 11.6. The summed E-state index contributed by atoms with van der Waals surface area (Å²) in [5, 5.41) is 6.56. The predicted octanol–water partition coefficient (Wildman–Crippen LogP) is 2.89. The maximum Gasteiger partial charge on any atom is 0.254 e. The zero-order valence-corrected chi connectivity index (χ0v) is 14.0. The Labute approximate surface area is 141 Å². The van der Waals surface area contributed by atoms with Crippen LogP contribution in [0.15, 0.2) is 30.5 Å². The fourth-order valence-electron chi connectivity index (χ4n) is 3.07. The molecular weight excluding hydrogens is 302 g/mol. The van der Waals surface area contributed by atoms with Crippen LogP contribution in [0.5, 0.6) is 0 Å². The second-order valence-electron chi connectivity index (χ2n) is 6.41. The molecule has 126 valence electrons. The molecule has 1 heterocycles. The van der Waals surface area contributed by atoms with Crippen molar-refractivity contribution in [2.24, 2.45) is 5.73 Å². The number of aryl methyl sites for hydroxylation is 1. The molecule has 0 saturated heterocycles. The van der Waals surface area contributed by atoms with Crippen LogP contribution in [0.4, 0.5) is 11.8 Å². The number of primary amides is 1. The van der Waals surface area contributed by atoms with Crippen LogP contribution in [-0.4, -0.2) is 21.9 Å². The Kier molecular flexibility index (Phi) is 4.64. The van der Waals surface area contributed by atoms with E-state index >= 15 is 0 Å². The SMILES string of the molecule is CC(C)Nc1nc(NC2CCCc3ccccc32)ncc1C(N)=O. The average molecular weight is 325 g/mol. The Morgan fingerprint density at radius 1 is 1.33 bits per heavy atom. The summed E-state index contributed by atoms with van der Waals surface area (Å²) in [5.41, 5.74) is 8.38. The fraction of sp³-hybridized carbons (Fsp3) is 0.389. The molecule has 6 nitrogen and oxygen atoms in total. The highest BCUT2D eigenvalue weighted by atomic mass is 16.1. The highest BCUT2D eigenvalue weighted by Crippen LogP contribution is 2.31. The third-order valence-electron chi connectivity index (χ3n) is 4.15. The topological polar surface area (TPSA) is 92.9 Å². The number of anilines is 2. The number of carbonyl (C=O) groups excluding carboxylic acids is 1. The number of rotatable bonds is 5. The molecule has 0 spiro atoms. The Hall–Kier alpha value is -2.63. The van der Waals surface area contributed by atoms with Crippen LogP contribution in [0.25, 0.3) is 0 Å². The Morgan fingerprint density at radius 3 is 2.88 bits per heavy atom. The lowest BCUT2D eigenvalue weighted by Crippen LogP contribution is -2.22. The molecule has 0 fully saturated rings. The van der Waals surface area contributed by atoms with E-state index in [0.29, 0.717) is 17.3 Å². The lowest BCUT2D eigenvalue weighted by molar-refractivity contribution is 0.100. The smallest absolute Gasteiger partial charge is 0.254 e.